The monoisotopic (exact) mass is 185 g/mol. The molecule has 1 aromatic heterocycles. The molecule has 0 amide bonds. The molecular formula is C10H13F2N. The van der Waals surface area contributed by atoms with Crippen LogP contribution in [-0.4, -0.2) is 4.98 Å². The molecule has 1 aromatic rings. The van der Waals surface area contributed by atoms with Crippen molar-refractivity contribution < 1.29 is 8.78 Å². The van der Waals surface area contributed by atoms with Crippen LogP contribution >= 0.6 is 0 Å². The van der Waals surface area contributed by atoms with Crippen LogP contribution in [0.15, 0.2) is 12.3 Å². The van der Waals surface area contributed by atoms with Crippen molar-refractivity contribution in [1.29, 1.82) is 0 Å². The first-order valence-electron chi connectivity index (χ1n) is 4.54. The summed E-state index contributed by atoms with van der Waals surface area (Å²) in [5.74, 6) is -1.60. The third-order valence-corrected chi connectivity index (χ3v) is 1.93. The summed E-state index contributed by atoms with van der Waals surface area (Å²) in [5, 5.41) is 0. The van der Waals surface area contributed by atoms with Crippen LogP contribution in [0.1, 0.15) is 31.9 Å². The second kappa shape index (κ2) is 4.90. The van der Waals surface area contributed by atoms with E-state index in [1.54, 1.807) is 0 Å². The van der Waals surface area contributed by atoms with Crippen LogP contribution in [-0.2, 0) is 6.42 Å². The zero-order valence-electron chi connectivity index (χ0n) is 7.69. The topological polar surface area (TPSA) is 12.9 Å². The Morgan fingerprint density at radius 3 is 2.77 bits per heavy atom. The molecule has 13 heavy (non-hydrogen) atoms. The Balaban J connectivity index is 2.61. The molecule has 0 bridgehead atoms. The molecule has 0 saturated carbocycles. The molecule has 0 radical (unpaired) electrons. The molecule has 1 rings (SSSR count). The van der Waals surface area contributed by atoms with Crippen LogP contribution in [0.3, 0.4) is 0 Å². The normalized spacial score (nSPS) is 10.4. The van der Waals surface area contributed by atoms with E-state index in [4.69, 9.17) is 0 Å². The van der Waals surface area contributed by atoms with E-state index in [1.165, 1.54) is 6.20 Å². The highest BCUT2D eigenvalue weighted by Crippen LogP contribution is 2.11. The first kappa shape index (κ1) is 10.1. The molecule has 1 heterocycles. The van der Waals surface area contributed by atoms with Crippen molar-refractivity contribution in [3.63, 3.8) is 0 Å². The number of unbranched alkanes of at least 4 members (excludes halogenated alkanes) is 2. The number of aromatic nitrogens is 1. The number of pyridine rings is 1. The van der Waals surface area contributed by atoms with Gasteiger partial charge in [0.15, 0.2) is 11.6 Å². The summed E-state index contributed by atoms with van der Waals surface area (Å²) in [6.45, 7) is 2.06. The molecular weight excluding hydrogens is 172 g/mol. The molecule has 3 heteroatoms. The Morgan fingerprint density at radius 2 is 2.08 bits per heavy atom. The minimum atomic E-state index is -0.804. The van der Waals surface area contributed by atoms with Gasteiger partial charge in [0.05, 0.1) is 5.69 Å². The van der Waals surface area contributed by atoms with E-state index in [1.807, 2.05) is 0 Å². The van der Waals surface area contributed by atoms with Crippen molar-refractivity contribution >= 4 is 0 Å². The highest BCUT2D eigenvalue weighted by atomic mass is 19.2. The summed E-state index contributed by atoms with van der Waals surface area (Å²) in [5.41, 5.74) is 0.244. The van der Waals surface area contributed by atoms with Gasteiger partial charge in [-0.05, 0) is 18.9 Å². The molecule has 0 N–H and O–H groups in total. The standard InChI is InChI=1S/C10H13F2N/c1-2-3-4-5-9-10(12)8(11)6-7-13-9/h6-7H,2-5H2,1H3. The van der Waals surface area contributed by atoms with E-state index in [0.29, 0.717) is 6.42 Å². The van der Waals surface area contributed by atoms with Crippen LogP contribution in [0.4, 0.5) is 8.78 Å². The predicted octanol–water partition coefficient (Wildman–Crippen LogP) is 3.09. The molecule has 0 unspecified atom stereocenters. The number of hydrogen-bond acceptors (Lipinski definition) is 1. The Labute approximate surface area is 76.8 Å². The van der Waals surface area contributed by atoms with E-state index < -0.39 is 11.6 Å². The second-order valence-electron chi connectivity index (χ2n) is 3.01. The van der Waals surface area contributed by atoms with Gasteiger partial charge in [-0.25, -0.2) is 8.78 Å². The van der Waals surface area contributed by atoms with Crippen LogP contribution in [0.25, 0.3) is 0 Å². The van der Waals surface area contributed by atoms with Crippen molar-refractivity contribution in [3.8, 4) is 0 Å². The Kier molecular flexibility index (Phi) is 3.80. The van der Waals surface area contributed by atoms with Gasteiger partial charge in [-0.3, -0.25) is 4.98 Å². The summed E-state index contributed by atoms with van der Waals surface area (Å²) >= 11 is 0. The van der Waals surface area contributed by atoms with Crippen molar-refractivity contribution in [3.05, 3.63) is 29.6 Å². The minimum Gasteiger partial charge on any atom is -0.258 e. The van der Waals surface area contributed by atoms with Gasteiger partial charge >= 0.3 is 0 Å². The fraction of sp³-hybridized carbons (Fsp3) is 0.500. The average molecular weight is 185 g/mol. The van der Waals surface area contributed by atoms with E-state index in [9.17, 15) is 8.78 Å². The van der Waals surface area contributed by atoms with Crippen LogP contribution in [0, 0.1) is 11.6 Å². The second-order valence-corrected chi connectivity index (χ2v) is 3.01. The lowest BCUT2D eigenvalue weighted by atomic mass is 10.1. The lowest BCUT2D eigenvalue weighted by molar-refractivity contribution is 0.488. The quantitative estimate of drug-likeness (QED) is 0.657. The zero-order valence-corrected chi connectivity index (χ0v) is 7.69. The van der Waals surface area contributed by atoms with Gasteiger partial charge in [0.1, 0.15) is 0 Å². The number of aryl methyl sites for hydroxylation is 1. The molecule has 72 valence electrons. The van der Waals surface area contributed by atoms with Gasteiger partial charge in [-0.15, -0.1) is 0 Å². The maximum absolute atomic E-state index is 13.0. The third-order valence-electron chi connectivity index (χ3n) is 1.93. The van der Waals surface area contributed by atoms with Gasteiger partial charge in [0, 0.05) is 6.20 Å². The SMILES string of the molecule is CCCCCc1nccc(F)c1F. The van der Waals surface area contributed by atoms with Crippen LogP contribution in [0.2, 0.25) is 0 Å². The summed E-state index contributed by atoms with van der Waals surface area (Å²) in [6, 6.07) is 1.04. The molecule has 0 saturated heterocycles. The smallest absolute Gasteiger partial charge is 0.180 e. The van der Waals surface area contributed by atoms with Gasteiger partial charge in [0.2, 0.25) is 0 Å². The Hall–Kier alpha value is -0.990. The van der Waals surface area contributed by atoms with Gasteiger partial charge in [0.25, 0.3) is 0 Å². The number of rotatable bonds is 4. The van der Waals surface area contributed by atoms with Crippen molar-refractivity contribution in [2.75, 3.05) is 0 Å². The predicted molar refractivity (Wildman–Crippen MR) is 47.4 cm³/mol. The van der Waals surface area contributed by atoms with Crippen molar-refractivity contribution in [1.82, 2.24) is 4.98 Å². The number of halogens is 2. The molecule has 0 atom stereocenters. The molecule has 0 aliphatic carbocycles. The minimum absolute atomic E-state index is 0.244. The van der Waals surface area contributed by atoms with Crippen LogP contribution in [0.5, 0.6) is 0 Å². The maximum Gasteiger partial charge on any atom is 0.180 e. The Morgan fingerprint density at radius 1 is 1.31 bits per heavy atom. The molecule has 0 spiro atoms. The summed E-state index contributed by atoms with van der Waals surface area (Å²) in [7, 11) is 0. The number of nitrogens with zero attached hydrogens (tertiary/aromatic N) is 1. The molecule has 0 aliphatic rings. The fourth-order valence-corrected chi connectivity index (χ4v) is 1.18. The van der Waals surface area contributed by atoms with Crippen molar-refractivity contribution in [2.24, 2.45) is 0 Å². The number of hydrogen-bond donors (Lipinski definition) is 0. The van der Waals surface area contributed by atoms with Crippen molar-refractivity contribution in [2.45, 2.75) is 32.6 Å². The lowest BCUT2D eigenvalue weighted by Gasteiger charge is -2.01. The summed E-state index contributed by atoms with van der Waals surface area (Å²) in [4.78, 5) is 3.80. The molecule has 0 aromatic carbocycles. The summed E-state index contributed by atoms with van der Waals surface area (Å²) < 4.78 is 25.7. The van der Waals surface area contributed by atoms with Crippen LogP contribution < -0.4 is 0 Å². The zero-order chi connectivity index (χ0) is 9.68. The van der Waals surface area contributed by atoms with E-state index in [0.717, 1.165) is 25.3 Å². The first-order chi connectivity index (χ1) is 6.25. The maximum atomic E-state index is 13.0. The first-order valence-corrected chi connectivity index (χ1v) is 4.54. The Bertz CT molecular complexity index is 274. The highest BCUT2D eigenvalue weighted by molar-refractivity contribution is 5.09. The fourth-order valence-electron chi connectivity index (χ4n) is 1.18. The lowest BCUT2D eigenvalue weighted by Crippen LogP contribution is -1.97. The molecule has 0 fully saturated rings. The third kappa shape index (κ3) is 2.76. The van der Waals surface area contributed by atoms with E-state index in [2.05, 4.69) is 11.9 Å². The average Bonchev–Trinajstić information content (AvgIpc) is 2.13. The molecule has 1 nitrogen and oxygen atoms in total. The van der Waals surface area contributed by atoms with Gasteiger partial charge < -0.3 is 0 Å². The van der Waals surface area contributed by atoms with Gasteiger partial charge in [-0.1, -0.05) is 19.8 Å². The summed E-state index contributed by atoms with van der Waals surface area (Å²) in [6.07, 6.45) is 4.79. The van der Waals surface area contributed by atoms with Gasteiger partial charge in [-0.2, -0.15) is 0 Å². The highest BCUT2D eigenvalue weighted by Gasteiger charge is 2.07. The largest absolute Gasteiger partial charge is 0.258 e. The van der Waals surface area contributed by atoms with E-state index >= 15 is 0 Å². The molecule has 0 aliphatic heterocycles. The van der Waals surface area contributed by atoms with E-state index in [-0.39, 0.29) is 5.69 Å².